The van der Waals surface area contributed by atoms with Gasteiger partial charge in [-0.3, -0.25) is 0 Å². The lowest BCUT2D eigenvalue weighted by Gasteiger charge is -2.35. The van der Waals surface area contributed by atoms with E-state index in [1.165, 1.54) is 22.3 Å². The highest BCUT2D eigenvalue weighted by Crippen LogP contribution is 2.54. The first-order valence-corrected chi connectivity index (χ1v) is 6.94. The Labute approximate surface area is 112 Å². The summed E-state index contributed by atoms with van der Waals surface area (Å²) in [5.74, 6) is 0.560. The van der Waals surface area contributed by atoms with Gasteiger partial charge in [-0.2, -0.15) is 0 Å². The molecule has 0 heteroatoms. The Hall–Kier alpha value is -1.04. The fourth-order valence-electron chi connectivity index (χ4n) is 3.91. The molecule has 0 nitrogen and oxygen atoms in total. The van der Waals surface area contributed by atoms with Crippen molar-refractivity contribution < 1.29 is 0 Å². The molecule has 2 aliphatic rings. The monoisotopic (exact) mass is 242 g/mol. The molecule has 98 valence electrons. The third-order valence-corrected chi connectivity index (χ3v) is 5.69. The first-order chi connectivity index (χ1) is 8.21. The van der Waals surface area contributed by atoms with Crippen molar-refractivity contribution in [2.24, 2.45) is 11.3 Å². The maximum atomic E-state index is 2.49. The van der Waals surface area contributed by atoms with Gasteiger partial charge in [0.05, 0.1) is 0 Å². The maximum Gasteiger partial charge on any atom is 0.0174 e. The van der Waals surface area contributed by atoms with Crippen LogP contribution in [-0.2, 0) is 0 Å². The van der Waals surface area contributed by atoms with Gasteiger partial charge in [-0.15, -0.1) is 0 Å². The zero-order valence-electron chi connectivity index (χ0n) is 13.2. The van der Waals surface area contributed by atoms with Crippen molar-refractivity contribution in [2.75, 3.05) is 0 Å². The Balaban J connectivity index is 2.60. The Morgan fingerprint density at radius 3 is 1.56 bits per heavy atom. The van der Waals surface area contributed by atoms with Crippen molar-refractivity contribution in [3.8, 4) is 0 Å². The van der Waals surface area contributed by atoms with Crippen molar-refractivity contribution >= 4 is 0 Å². The average Bonchev–Trinajstić information content (AvgIpc) is 2.62. The second-order valence-corrected chi connectivity index (χ2v) is 6.41. The number of rotatable bonds is 1. The van der Waals surface area contributed by atoms with Gasteiger partial charge in [0.15, 0.2) is 0 Å². The minimum absolute atomic E-state index is 0.182. The maximum absolute atomic E-state index is 2.49. The van der Waals surface area contributed by atoms with Crippen LogP contribution in [0.5, 0.6) is 0 Å². The fourth-order valence-corrected chi connectivity index (χ4v) is 3.91. The largest absolute Gasteiger partial charge is 0.0704 e. The lowest BCUT2D eigenvalue weighted by Crippen LogP contribution is -2.26. The first kappa shape index (κ1) is 13.4. The highest BCUT2D eigenvalue weighted by molar-refractivity contribution is 5.54. The molecule has 0 aromatic heterocycles. The molecule has 0 N–H and O–H groups in total. The summed E-state index contributed by atoms with van der Waals surface area (Å²) in [5, 5.41) is 0. The first-order valence-electron chi connectivity index (χ1n) is 6.94. The third kappa shape index (κ3) is 1.51. The fraction of sp³-hybridized carbons (Fsp3) is 0.556. The lowest BCUT2D eigenvalue weighted by atomic mass is 9.68. The zero-order valence-corrected chi connectivity index (χ0v) is 13.2. The van der Waals surface area contributed by atoms with Crippen LogP contribution in [0.25, 0.3) is 0 Å². The average molecular weight is 242 g/mol. The van der Waals surface area contributed by atoms with E-state index in [-0.39, 0.29) is 5.41 Å². The summed E-state index contributed by atoms with van der Waals surface area (Å²) in [7, 11) is 0. The molecule has 0 fully saturated rings. The number of hydrogen-bond acceptors (Lipinski definition) is 0. The van der Waals surface area contributed by atoms with E-state index < -0.39 is 0 Å². The predicted molar refractivity (Wildman–Crippen MR) is 80.5 cm³/mol. The lowest BCUT2D eigenvalue weighted by molar-refractivity contribution is 0.405. The molecular weight excluding hydrogens is 216 g/mol. The van der Waals surface area contributed by atoms with E-state index in [4.69, 9.17) is 0 Å². The summed E-state index contributed by atoms with van der Waals surface area (Å²) in [6.07, 6.45) is 2.49. The molecule has 0 aliphatic heterocycles. The van der Waals surface area contributed by atoms with Crippen LogP contribution in [0.4, 0.5) is 0 Å². The van der Waals surface area contributed by atoms with Gasteiger partial charge in [-0.05, 0) is 65.2 Å². The summed E-state index contributed by atoms with van der Waals surface area (Å²) >= 11 is 0. The van der Waals surface area contributed by atoms with E-state index in [0.29, 0.717) is 5.92 Å². The van der Waals surface area contributed by atoms with Crippen molar-refractivity contribution in [3.05, 3.63) is 45.1 Å². The van der Waals surface area contributed by atoms with Crippen LogP contribution < -0.4 is 0 Å². The summed E-state index contributed by atoms with van der Waals surface area (Å²) < 4.78 is 0. The quantitative estimate of drug-likeness (QED) is 0.562. The van der Waals surface area contributed by atoms with Gasteiger partial charge in [0.25, 0.3) is 0 Å². The zero-order chi connectivity index (χ0) is 13.8. The van der Waals surface area contributed by atoms with Crippen LogP contribution in [0.3, 0.4) is 0 Å². The van der Waals surface area contributed by atoms with Gasteiger partial charge < -0.3 is 0 Å². The normalized spacial score (nSPS) is 29.9. The minimum atomic E-state index is 0.182. The molecule has 2 aliphatic carbocycles. The van der Waals surface area contributed by atoms with Crippen LogP contribution in [-0.4, -0.2) is 0 Å². The minimum Gasteiger partial charge on any atom is -0.0704 e. The molecule has 18 heavy (non-hydrogen) atoms. The Morgan fingerprint density at radius 2 is 1.22 bits per heavy atom. The highest BCUT2D eigenvalue weighted by Gasteiger charge is 2.42. The molecule has 0 saturated heterocycles. The summed E-state index contributed by atoms with van der Waals surface area (Å²) in [4.78, 5) is 0. The number of hydrogen-bond donors (Lipinski definition) is 0. The number of allylic oxidation sites excluding steroid dienone is 8. The molecule has 0 aromatic carbocycles. The van der Waals surface area contributed by atoms with E-state index in [1.54, 1.807) is 16.7 Å². The highest BCUT2D eigenvalue weighted by atomic mass is 14.5. The molecule has 0 aromatic rings. The standard InChI is InChI=1S/C18H26/c1-10-9-18(8,16(7)11(10)2)17-14(5)12(3)13(4)15(17)6/h9,17H,1-8H3. The van der Waals surface area contributed by atoms with E-state index in [1.807, 2.05) is 0 Å². The van der Waals surface area contributed by atoms with Crippen molar-refractivity contribution in [1.82, 2.24) is 0 Å². The molecule has 0 bridgehead atoms. The van der Waals surface area contributed by atoms with E-state index in [2.05, 4.69) is 61.5 Å². The van der Waals surface area contributed by atoms with Crippen LogP contribution in [0.1, 0.15) is 55.4 Å². The summed E-state index contributed by atoms with van der Waals surface area (Å²) in [6.45, 7) is 18.4. The molecule has 0 heterocycles. The van der Waals surface area contributed by atoms with Crippen molar-refractivity contribution in [3.63, 3.8) is 0 Å². The van der Waals surface area contributed by atoms with E-state index in [9.17, 15) is 0 Å². The third-order valence-electron chi connectivity index (χ3n) is 5.69. The van der Waals surface area contributed by atoms with Crippen molar-refractivity contribution in [1.29, 1.82) is 0 Å². The molecule has 2 rings (SSSR count). The van der Waals surface area contributed by atoms with Gasteiger partial charge >= 0.3 is 0 Å². The Bertz CT molecular complexity index is 510. The van der Waals surface area contributed by atoms with Crippen LogP contribution >= 0.6 is 0 Å². The second kappa shape index (κ2) is 3.98. The smallest absolute Gasteiger partial charge is 0.0174 e. The van der Waals surface area contributed by atoms with Crippen molar-refractivity contribution in [2.45, 2.75) is 55.4 Å². The predicted octanol–water partition coefficient (Wildman–Crippen LogP) is 5.59. The van der Waals surface area contributed by atoms with Gasteiger partial charge in [-0.1, -0.05) is 35.3 Å². The Kier molecular flexibility index (Phi) is 2.96. The van der Waals surface area contributed by atoms with Gasteiger partial charge in [-0.25, -0.2) is 0 Å². The molecule has 1 unspecified atom stereocenters. The SMILES string of the molecule is CC1=CC(C)(C2C(C)=C(C)C(C)=C2C)C(C)=C1C. The van der Waals surface area contributed by atoms with Crippen LogP contribution in [0, 0.1) is 11.3 Å². The van der Waals surface area contributed by atoms with Gasteiger partial charge in [0, 0.05) is 11.3 Å². The van der Waals surface area contributed by atoms with E-state index in [0.717, 1.165) is 0 Å². The summed E-state index contributed by atoms with van der Waals surface area (Å²) in [6, 6.07) is 0. The Morgan fingerprint density at radius 1 is 0.778 bits per heavy atom. The topological polar surface area (TPSA) is 0 Å². The second-order valence-electron chi connectivity index (χ2n) is 6.41. The summed E-state index contributed by atoms with van der Waals surface area (Å²) in [5.41, 5.74) is 10.8. The molecule has 0 radical (unpaired) electrons. The molecule has 0 amide bonds. The molecule has 1 atom stereocenters. The van der Waals surface area contributed by atoms with Crippen LogP contribution in [0.2, 0.25) is 0 Å². The van der Waals surface area contributed by atoms with Crippen LogP contribution in [0.15, 0.2) is 45.1 Å². The van der Waals surface area contributed by atoms with Gasteiger partial charge in [0.2, 0.25) is 0 Å². The molecule has 0 saturated carbocycles. The molecular formula is C18H26. The molecule has 0 spiro atoms. The van der Waals surface area contributed by atoms with Gasteiger partial charge in [0.1, 0.15) is 0 Å². The van der Waals surface area contributed by atoms with E-state index >= 15 is 0 Å².